The summed E-state index contributed by atoms with van der Waals surface area (Å²) in [5.41, 5.74) is 0.137. The van der Waals surface area contributed by atoms with Crippen molar-refractivity contribution in [3.05, 3.63) is 28.5 Å². The number of fused-ring (bicyclic) bond motifs is 3. The molecule has 0 amide bonds. The Morgan fingerprint density at radius 1 is 0.727 bits per heavy atom. The molecule has 9 heteroatoms. The average Bonchev–Trinajstić information content (AvgIpc) is 3.36. The van der Waals surface area contributed by atoms with Gasteiger partial charge in [0.25, 0.3) is 11.1 Å². The Kier molecular flexibility index (Phi) is 11.0. The molecule has 5 nitrogen and oxygen atoms in total. The Labute approximate surface area is 220 Å². The molecule has 0 bridgehead atoms. The van der Waals surface area contributed by atoms with Gasteiger partial charge in [-0.1, -0.05) is 78.1 Å². The quantitative estimate of drug-likeness (QED) is 0.170. The fourth-order valence-electron chi connectivity index (χ4n) is 4.36. The van der Waals surface area contributed by atoms with Gasteiger partial charge in [-0.25, -0.2) is 9.97 Å². The minimum absolute atomic E-state index is 0.292. The van der Waals surface area contributed by atoms with Crippen LogP contribution in [-0.2, 0) is 6.54 Å². The molecule has 0 aromatic carbocycles. The van der Waals surface area contributed by atoms with Gasteiger partial charge in [0.05, 0.1) is 9.40 Å². The number of hydrogen-bond donors (Lipinski definition) is 0. The minimum atomic E-state index is -0.292. The van der Waals surface area contributed by atoms with Crippen LogP contribution in [0, 0.1) is 5.92 Å². The number of nitrogens with zero attached hydrogens (tertiary/aromatic N) is 3. The van der Waals surface area contributed by atoms with Crippen molar-refractivity contribution in [2.24, 2.45) is 5.92 Å². The molecule has 0 aliphatic carbocycles. The van der Waals surface area contributed by atoms with E-state index in [-0.39, 0.29) is 11.1 Å². The summed E-state index contributed by atoms with van der Waals surface area (Å²) in [5, 5.41) is 0. The first-order chi connectivity index (χ1) is 16.0. The molecule has 1 atom stereocenters. The predicted octanol–water partition coefficient (Wildman–Crippen LogP) is 8.29. The number of rotatable bonds is 14. The zero-order chi connectivity index (χ0) is 23.8. The first kappa shape index (κ1) is 27.0. The van der Waals surface area contributed by atoms with E-state index in [1.807, 2.05) is 0 Å². The third kappa shape index (κ3) is 7.18. The standard InChI is InChI=1S/C24H33Br2N3O2S2/c1-3-5-7-9-10-12-14-16(13-11-8-6-4-2)15-29-21(30)17-19(32-23(25)27-17)20-18(22(29)31)28-24(26)33-20/h16H,3-15H2,1-2H3. The maximum absolute atomic E-state index is 13.5. The molecule has 3 aromatic heterocycles. The van der Waals surface area contributed by atoms with Gasteiger partial charge in [-0.15, -0.1) is 22.7 Å². The van der Waals surface area contributed by atoms with E-state index >= 15 is 0 Å². The van der Waals surface area contributed by atoms with Crippen molar-refractivity contribution in [2.45, 2.75) is 97.4 Å². The summed E-state index contributed by atoms with van der Waals surface area (Å²) >= 11 is 9.61. The maximum atomic E-state index is 13.5. The van der Waals surface area contributed by atoms with E-state index in [0.29, 0.717) is 31.3 Å². The second-order valence-electron chi connectivity index (χ2n) is 8.78. The summed E-state index contributed by atoms with van der Waals surface area (Å²) in [6.07, 6.45) is 14.4. The normalized spacial score (nSPS) is 12.7. The van der Waals surface area contributed by atoms with Gasteiger partial charge in [0.1, 0.15) is 11.0 Å². The molecule has 3 rings (SSSR count). The maximum Gasteiger partial charge on any atom is 0.280 e. The fraction of sp³-hybridized carbons (Fsp3) is 0.667. The Hall–Kier alpha value is -0.640. The van der Waals surface area contributed by atoms with E-state index in [1.165, 1.54) is 78.6 Å². The summed E-state index contributed by atoms with van der Waals surface area (Å²) in [4.78, 5) is 35.8. The number of aromatic nitrogens is 3. The van der Waals surface area contributed by atoms with Gasteiger partial charge in [-0.05, 0) is 50.6 Å². The second-order valence-corrected chi connectivity index (χ2v) is 13.3. The van der Waals surface area contributed by atoms with Crippen LogP contribution in [0.15, 0.2) is 17.4 Å². The van der Waals surface area contributed by atoms with Crippen LogP contribution in [0.4, 0.5) is 0 Å². The van der Waals surface area contributed by atoms with Crippen LogP contribution in [0.3, 0.4) is 0 Å². The van der Waals surface area contributed by atoms with Crippen LogP contribution in [0.1, 0.15) is 90.9 Å². The molecule has 0 fully saturated rings. The van der Waals surface area contributed by atoms with Crippen molar-refractivity contribution >= 4 is 75.0 Å². The zero-order valence-electron chi connectivity index (χ0n) is 19.5. The van der Waals surface area contributed by atoms with Crippen molar-refractivity contribution in [2.75, 3.05) is 0 Å². The highest BCUT2D eigenvalue weighted by atomic mass is 79.9. The third-order valence-corrected chi connectivity index (χ3v) is 9.35. The molecular weight excluding hydrogens is 586 g/mol. The molecule has 0 aliphatic rings. The van der Waals surface area contributed by atoms with Gasteiger partial charge >= 0.3 is 0 Å². The van der Waals surface area contributed by atoms with E-state index in [9.17, 15) is 9.59 Å². The first-order valence-electron chi connectivity index (χ1n) is 12.1. The van der Waals surface area contributed by atoms with Crippen LogP contribution < -0.4 is 11.1 Å². The van der Waals surface area contributed by atoms with Crippen molar-refractivity contribution in [3.8, 4) is 0 Å². The number of thiazole rings is 2. The number of hydrogen-bond acceptors (Lipinski definition) is 6. The average molecular weight is 619 g/mol. The molecule has 33 heavy (non-hydrogen) atoms. The Bertz CT molecular complexity index is 1100. The highest BCUT2D eigenvalue weighted by molar-refractivity contribution is 9.11. The molecule has 0 saturated heterocycles. The lowest BCUT2D eigenvalue weighted by molar-refractivity contribution is 0.351. The number of halogens is 2. The molecular formula is C24H33Br2N3O2S2. The summed E-state index contributed by atoms with van der Waals surface area (Å²) in [7, 11) is 0. The van der Waals surface area contributed by atoms with Gasteiger partial charge in [0, 0.05) is 6.54 Å². The van der Waals surface area contributed by atoms with Crippen molar-refractivity contribution in [1.82, 2.24) is 14.5 Å². The Morgan fingerprint density at radius 3 is 1.64 bits per heavy atom. The molecule has 0 N–H and O–H groups in total. The smallest absolute Gasteiger partial charge is 0.271 e. The van der Waals surface area contributed by atoms with Crippen molar-refractivity contribution in [1.29, 1.82) is 0 Å². The van der Waals surface area contributed by atoms with E-state index in [4.69, 9.17) is 0 Å². The van der Waals surface area contributed by atoms with Gasteiger partial charge in [-0.3, -0.25) is 14.2 Å². The van der Waals surface area contributed by atoms with Gasteiger partial charge in [0.2, 0.25) is 0 Å². The lowest BCUT2D eigenvalue weighted by Gasteiger charge is -2.17. The molecule has 0 radical (unpaired) electrons. The van der Waals surface area contributed by atoms with Gasteiger partial charge in [0.15, 0.2) is 7.83 Å². The fourth-order valence-corrected chi connectivity index (χ4v) is 7.38. The molecule has 0 aliphatic heterocycles. The Balaban J connectivity index is 1.91. The van der Waals surface area contributed by atoms with Gasteiger partial charge in [-0.2, -0.15) is 0 Å². The molecule has 182 valence electrons. The second kappa shape index (κ2) is 13.4. The minimum Gasteiger partial charge on any atom is -0.271 e. The van der Waals surface area contributed by atoms with Crippen LogP contribution >= 0.6 is 54.5 Å². The third-order valence-electron chi connectivity index (χ3n) is 6.18. The highest BCUT2D eigenvalue weighted by Gasteiger charge is 2.20. The molecule has 3 aromatic rings. The van der Waals surface area contributed by atoms with Gasteiger partial charge < -0.3 is 0 Å². The van der Waals surface area contributed by atoms with Crippen molar-refractivity contribution in [3.63, 3.8) is 0 Å². The van der Waals surface area contributed by atoms with E-state index in [0.717, 1.165) is 35.1 Å². The van der Waals surface area contributed by atoms with E-state index in [2.05, 4.69) is 55.7 Å². The monoisotopic (exact) mass is 617 g/mol. The molecule has 1 unspecified atom stereocenters. The summed E-state index contributed by atoms with van der Waals surface area (Å²) in [6, 6.07) is 0. The topological polar surface area (TPSA) is 64.8 Å². The summed E-state index contributed by atoms with van der Waals surface area (Å²) < 4.78 is 4.18. The number of unbranched alkanes of at least 4 members (excludes halogenated alkanes) is 8. The zero-order valence-corrected chi connectivity index (χ0v) is 24.3. The Morgan fingerprint density at radius 2 is 1.15 bits per heavy atom. The predicted molar refractivity (Wildman–Crippen MR) is 149 cm³/mol. The lowest BCUT2D eigenvalue weighted by Crippen LogP contribution is -2.33. The van der Waals surface area contributed by atoms with E-state index in [1.54, 1.807) is 0 Å². The highest BCUT2D eigenvalue weighted by Crippen LogP contribution is 2.34. The largest absolute Gasteiger partial charge is 0.280 e. The van der Waals surface area contributed by atoms with Crippen LogP contribution in [0.25, 0.3) is 20.4 Å². The molecule has 3 heterocycles. The lowest BCUT2D eigenvalue weighted by atomic mass is 9.94. The van der Waals surface area contributed by atoms with Crippen LogP contribution in [0.2, 0.25) is 0 Å². The molecule has 0 saturated carbocycles. The van der Waals surface area contributed by atoms with Crippen LogP contribution in [0.5, 0.6) is 0 Å². The SMILES string of the molecule is CCCCCCCCC(CCCCCC)Cn1c(=O)c2nc(Br)sc2c2sc(Br)nc2c1=O. The summed E-state index contributed by atoms with van der Waals surface area (Å²) in [5.74, 6) is 0.315. The van der Waals surface area contributed by atoms with Crippen LogP contribution in [-0.4, -0.2) is 14.5 Å². The summed E-state index contributed by atoms with van der Waals surface area (Å²) in [6.45, 7) is 4.90. The van der Waals surface area contributed by atoms with E-state index < -0.39 is 0 Å². The first-order valence-corrected chi connectivity index (χ1v) is 15.4. The van der Waals surface area contributed by atoms with Crippen molar-refractivity contribution < 1.29 is 0 Å². The molecule has 0 spiro atoms.